The molecule has 0 spiro atoms. The highest BCUT2D eigenvalue weighted by Gasteiger charge is 2.35. The number of piperidine rings is 1. The van der Waals surface area contributed by atoms with Gasteiger partial charge in [0.15, 0.2) is 0 Å². The Hall–Kier alpha value is -3.59. The molecule has 8 nitrogen and oxygen atoms in total. The first-order valence-electron chi connectivity index (χ1n) is 16.2. The lowest BCUT2D eigenvalue weighted by Crippen LogP contribution is -2.40. The van der Waals surface area contributed by atoms with Gasteiger partial charge in [-0.15, -0.1) is 0 Å². The molecule has 0 aliphatic carbocycles. The van der Waals surface area contributed by atoms with Crippen LogP contribution in [0.25, 0.3) is 0 Å². The number of carbonyl (C=O) groups excluding carboxylic acids is 1. The van der Waals surface area contributed by atoms with Gasteiger partial charge in [0.25, 0.3) is 0 Å². The van der Waals surface area contributed by atoms with Crippen LogP contribution in [0.5, 0.6) is 11.5 Å². The van der Waals surface area contributed by atoms with Crippen LogP contribution in [0.1, 0.15) is 61.8 Å². The van der Waals surface area contributed by atoms with Gasteiger partial charge in [-0.25, -0.2) is 0 Å². The standard InChI is InChI=1S/C37H49N3O5/c1-27(41)39-18-19-40-26-37(2,3)33-15-10-28(22-34(33)40)24-45-36-23-38-17-16-32(36)29-11-13-31(14-12-29)44-21-7-20-43-25-30-8-5-6-9-35(30)42-4/h5-6,8-15,22,32,36,38H,7,16-21,23-26H2,1-4H3,(H,39,41). The number of hydrogen-bond acceptors (Lipinski definition) is 7. The average Bonchev–Trinajstić information content (AvgIpc) is 3.30. The van der Waals surface area contributed by atoms with Crippen LogP contribution < -0.4 is 25.0 Å². The summed E-state index contributed by atoms with van der Waals surface area (Å²) in [6.45, 7) is 12.7. The zero-order valence-electron chi connectivity index (χ0n) is 27.3. The SMILES string of the molecule is COc1ccccc1COCCCOc1ccc(C2CCNCC2OCc2ccc3c(c2)N(CCNC(C)=O)CC3(C)C)cc1. The molecule has 1 saturated heterocycles. The maximum Gasteiger partial charge on any atom is 0.216 e. The van der Waals surface area contributed by atoms with Crippen LogP contribution in [0.3, 0.4) is 0 Å². The summed E-state index contributed by atoms with van der Waals surface area (Å²) in [6.07, 6.45) is 1.93. The van der Waals surface area contributed by atoms with Crippen molar-refractivity contribution in [1.82, 2.24) is 10.6 Å². The van der Waals surface area contributed by atoms with Gasteiger partial charge in [0.05, 0.1) is 39.6 Å². The number of nitrogens with one attached hydrogen (secondary N) is 2. The summed E-state index contributed by atoms with van der Waals surface area (Å²) in [7, 11) is 1.68. The monoisotopic (exact) mass is 615 g/mol. The zero-order chi connectivity index (χ0) is 31.6. The van der Waals surface area contributed by atoms with Gasteiger partial charge in [-0.1, -0.05) is 56.3 Å². The van der Waals surface area contributed by atoms with Crippen molar-refractivity contribution >= 4 is 11.6 Å². The summed E-state index contributed by atoms with van der Waals surface area (Å²) >= 11 is 0. The first kappa shape index (κ1) is 32.8. The number of rotatable bonds is 15. The number of methoxy groups -OCH3 is 1. The maximum absolute atomic E-state index is 11.4. The smallest absolute Gasteiger partial charge is 0.216 e. The summed E-state index contributed by atoms with van der Waals surface area (Å²) in [5.41, 5.74) is 6.20. The molecule has 242 valence electrons. The minimum atomic E-state index is 0.0100. The van der Waals surface area contributed by atoms with E-state index in [1.165, 1.54) is 22.4 Å². The lowest BCUT2D eigenvalue weighted by atomic mass is 9.86. The molecule has 2 heterocycles. The van der Waals surface area contributed by atoms with Crippen molar-refractivity contribution in [3.05, 3.63) is 89.0 Å². The number of amides is 1. The van der Waals surface area contributed by atoms with Gasteiger partial charge in [0.2, 0.25) is 5.91 Å². The number of benzene rings is 3. The highest BCUT2D eigenvalue weighted by atomic mass is 16.5. The Morgan fingerprint density at radius 1 is 1.04 bits per heavy atom. The zero-order valence-corrected chi connectivity index (χ0v) is 27.3. The lowest BCUT2D eigenvalue weighted by Gasteiger charge is -2.32. The third-order valence-corrected chi connectivity index (χ3v) is 8.82. The third-order valence-electron chi connectivity index (χ3n) is 8.82. The van der Waals surface area contributed by atoms with Crippen molar-refractivity contribution in [2.24, 2.45) is 0 Å². The number of ether oxygens (including phenoxy) is 4. The van der Waals surface area contributed by atoms with E-state index >= 15 is 0 Å². The molecule has 1 amide bonds. The molecule has 8 heteroatoms. The van der Waals surface area contributed by atoms with E-state index in [2.05, 4.69) is 71.8 Å². The van der Waals surface area contributed by atoms with E-state index in [-0.39, 0.29) is 17.4 Å². The fraction of sp³-hybridized carbons (Fsp3) is 0.486. The molecule has 0 radical (unpaired) electrons. The molecule has 2 unspecified atom stereocenters. The van der Waals surface area contributed by atoms with Gasteiger partial charge >= 0.3 is 0 Å². The van der Waals surface area contributed by atoms with E-state index in [1.807, 2.05) is 24.3 Å². The predicted octanol–water partition coefficient (Wildman–Crippen LogP) is 5.58. The molecule has 2 aliphatic rings. The molecular weight excluding hydrogens is 566 g/mol. The first-order valence-corrected chi connectivity index (χ1v) is 16.2. The van der Waals surface area contributed by atoms with Gasteiger partial charge in [-0.2, -0.15) is 0 Å². The van der Waals surface area contributed by atoms with Crippen LogP contribution in [0.2, 0.25) is 0 Å². The van der Waals surface area contributed by atoms with Crippen molar-refractivity contribution in [2.45, 2.75) is 64.3 Å². The van der Waals surface area contributed by atoms with Crippen molar-refractivity contribution in [3.63, 3.8) is 0 Å². The van der Waals surface area contributed by atoms with E-state index in [1.54, 1.807) is 14.0 Å². The Labute approximate surface area is 268 Å². The molecule has 5 rings (SSSR count). The van der Waals surface area contributed by atoms with Crippen LogP contribution in [0, 0.1) is 0 Å². The second-order valence-corrected chi connectivity index (χ2v) is 12.7. The van der Waals surface area contributed by atoms with Crippen molar-refractivity contribution < 1.29 is 23.7 Å². The van der Waals surface area contributed by atoms with E-state index in [0.29, 0.717) is 38.9 Å². The molecule has 1 fully saturated rings. The Morgan fingerprint density at radius 3 is 2.67 bits per heavy atom. The highest BCUT2D eigenvalue weighted by molar-refractivity contribution is 5.73. The largest absolute Gasteiger partial charge is 0.496 e. The topological polar surface area (TPSA) is 81.3 Å². The minimum absolute atomic E-state index is 0.0100. The number of hydrogen-bond donors (Lipinski definition) is 2. The second-order valence-electron chi connectivity index (χ2n) is 12.7. The molecule has 3 aromatic rings. The minimum Gasteiger partial charge on any atom is -0.496 e. The molecule has 2 N–H and O–H groups in total. The van der Waals surface area contributed by atoms with Crippen LogP contribution in [-0.2, 0) is 32.9 Å². The summed E-state index contributed by atoms with van der Waals surface area (Å²) < 4.78 is 23.8. The Morgan fingerprint density at radius 2 is 1.87 bits per heavy atom. The Balaban J connectivity index is 1.10. The van der Waals surface area contributed by atoms with Gasteiger partial charge in [-0.3, -0.25) is 4.79 Å². The number of para-hydroxylation sites is 1. The fourth-order valence-electron chi connectivity index (χ4n) is 6.47. The Kier molecular flexibility index (Phi) is 11.4. The average molecular weight is 616 g/mol. The Bertz CT molecular complexity index is 1390. The second kappa shape index (κ2) is 15.6. The molecule has 0 aromatic heterocycles. The lowest BCUT2D eigenvalue weighted by molar-refractivity contribution is -0.118. The van der Waals surface area contributed by atoms with Crippen LogP contribution in [-0.4, -0.2) is 65.1 Å². The van der Waals surface area contributed by atoms with Crippen molar-refractivity contribution in [1.29, 1.82) is 0 Å². The fourth-order valence-corrected chi connectivity index (χ4v) is 6.47. The number of carbonyl (C=O) groups is 1. The van der Waals surface area contributed by atoms with Crippen LogP contribution in [0.4, 0.5) is 5.69 Å². The molecule has 3 aromatic carbocycles. The highest BCUT2D eigenvalue weighted by Crippen LogP contribution is 2.41. The van der Waals surface area contributed by atoms with E-state index < -0.39 is 0 Å². The predicted molar refractivity (Wildman–Crippen MR) is 178 cm³/mol. The molecule has 2 aliphatic heterocycles. The third kappa shape index (κ3) is 8.78. The van der Waals surface area contributed by atoms with Gasteiger partial charge in [0.1, 0.15) is 11.5 Å². The molecular formula is C37H49N3O5. The molecule has 2 atom stereocenters. The van der Waals surface area contributed by atoms with E-state index in [4.69, 9.17) is 18.9 Å². The van der Waals surface area contributed by atoms with Gasteiger partial charge in [0, 0.05) is 62.1 Å². The molecule has 0 bridgehead atoms. The van der Waals surface area contributed by atoms with Crippen molar-refractivity contribution in [3.8, 4) is 11.5 Å². The summed E-state index contributed by atoms with van der Waals surface area (Å²) in [4.78, 5) is 13.8. The summed E-state index contributed by atoms with van der Waals surface area (Å²) in [5.74, 6) is 2.06. The van der Waals surface area contributed by atoms with Crippen LogP contribution in [0.15, 0.2) is 66.7 Å². The first-order chi connectivity index (χ1) is 21.8. The molecule has 0 saturated carbocycles. The van der Waals surface area contributed by atoms with Gasteiger partial charge in [-0.05, 0) is 53.9 Å². The number of fused-ring (bicyclic) bond motifs is 1. The molecule has 45 heavy (non-hydrogen) atoms. The number of nitrogens with zero attached hydrogens (tertiary/aromatic N) is 1. The number of anilines is 1. The van der Waals surface area contributed by atoms with Gasteiger partial charge < -0.3 is 34.5 Å². The van der Waals surface area contributed by atoms with Crippen LogP contribution >= 0.6 is 0 Å². The quantitative estimate of drug-likeness (QED) is 0.216. The normalized spacial score (nSPS) is 18.8. The maximum atomic E-state index is 11.4. The van der Waals surface area contributed by atoms with E-state index in [9.17, 15) is 4.79 Å². The van der Waals surface area contributed by atoms with E-state index in [0.717, 1.165) is 56.1 Å². The van der Waals surface area contributed by atoms with Crippen molar-refractivity contribution in [2.75, 3.05) is 57.9 Å². The summed E-state index contributed by atoms with van der Waals surface area (Å²) in [6, 6.07) is 23.2. The summed E-state index contributed by atoms with van der Waals surface area (Å²) in [5, 5.41) is 6.46.